The van der Waals surface area contributed by atoms with Crippen molar-refractivity contribution >= 4 is 21.7 Å². The standard InChI is InChI=1S/C14H18BrF3N2/c1-8-3-4-11(5-9(8)2)20-13-12(14(16,17)18)6-10(15)7-19-13/h6-9,11H,3-5H2,1-2H3,(H,19,20). The molecule has 0 amide bonds. The van der Waals surface area contributed by atoms with Crippen LogP contribution < -0.4 is 5.32 Å². The second-order valence-electron chi connectivity index (χ2n) is 5.66. The molecule has 0 aliphatic heterocycles. The van der Waals surface area contributed by atoms with E-state index in [1.807, 2.05) is 0 Å². The van der Waals surface area contributed by atoms with Crippen molar-refractivity contribution in [2.75, 3.05) is 5.32 Å². The van der Waals surface area contributed by atoms with Crippen molar-refractivity contribution in [3.05, 3.63) is 22.3 Å². The second-order valence-corrected chi connectivity index (χ2v) is 6.57. The molecule has 0 saturated heterocycles. The Bertz CT molecular complexity index is 476. The minimum Gasteiger partial charge on any atom is -0.367 e. The average Bonchev–Trinajstić information content (AvgIpc) is 2.35. The van der Waals surface area contributed by atoms with Crippen LogP contribution in [0.4, 0.5) is 19.0 Å². The van der Waals surface area contributed by atoms with E-state index in [0.717, 1.165) is 25.3 Å². The Morgan fingerprint density at radius 2 is 1.95 bits per heavy atom. The van der Waals surface area contributed by atoms with Gasteiger partial charge in [-0.25, -0.2) is 4.98 Å². The van der Waals surface area contributed by atoms with Crippen LogP contribution in [0.15, 0.2) is 16.7 Å². The van der Waals surface area contributed by atoms with Gasteiger partial charge in [0.25, 0.3) is 0 Å². The Balaban J connectivity index is 2.17. The molecule has 0 aromatic carbocycles. The van der Waals surface area contributed by atoms with Crippen LogP contribution in [0.1, 0.15) is 38.7 Å². The Kier molecular flexibility index (Phi) is 4.62. The van der Waals surface area contributed by atoms with Crippen LogP contribution in [0.5, 0.6) is 0 Å². The zero-order valence-corrected chi connectivity index (χ0v) is 13.1. The molecule has 1 fully saturated rings. The van der Waals surface area contributed by atoms with Crippen LogP contribution in [0.3, 0.4) is 0 Å². The van der Waals surface area contributed by atoms with E-state index in [9.17, 15) is 13.2 Å². The van der Waals surface area contributed by atoms with E-state index in [1.165, 1.54) is 6.20 Å². The first-order valence-electron chi connectivity index (χ1n) is 6.76. The SMILES string of the molecule is CC1CCC(Nc2ncc(Br)cc2C(F)(F)F)CC1C. The van der Waals surface area contributed by atoms with Gasteiger partial charge in [-0.15, -0.1) is 0 Å². The minimum atomic E-state index is -4.40. The third kappa shape index (κ3) is 3.65. The second kappa shape index (κ2) is 5.92. The number of anilines is 1. The molecule has 1 N–H and O–H groups in total. The molecule has 1 heterocycles. The van der Waals surface area contributed by atoms with Crippen LogP contribution in [-0.4, -0.2) is 11.0 Å². The fraction of sp³-hybridized carbons (Fsp3) is 0.643. The van der Waals surface area contributed by atoms with Gasteiger partial charge in [0.05, 0.1) is 5.56 Å². The van der Waals surface area contributed by atoms with Gasteiger partial charge in [0.15, 0.2) is 0 Å². The lowest BCUT2D eigenvalue weighted by Crippen LogP contribution is -2.31. The first kappa shape index (κ1) is 15.6. The van der Waals surface area contributed by atoms with E-state index in [1.54, 1.807) is 0 Å². The fourth-order valence-corrected chi connectivity index (χ4v) is 2.97. The van der Waals surface area contributed by atoms with Crippen LogP contribution in [0.2, 0.25) is 0 Å². The number of hydrogen-bond acceptors (Lipinski definition) is 2. The van der Waals surface area contributed by atoms with E-state index in [2.05, 4.69) is 40.1 Å². The summed E-state index contributed by atoms with van der Waals surface area (Å²) >= 11 is 3.04. The third-order valence-corrected chi connectivity index (χ3v) is 4.53. The van der Waals surface area contributed by atoms with Crippen molar-refractivity contribution < 1.29 is 13.2 Å². The number of alkyl halides is 3. The summed E-state index contributed by atoms with van der Waals surface area (Å²) in [6.45, 7) is 4.35. The van der Waals surface area contributed by atoms with E-state index in [-0.39, 0.29) is 11.9 Å². The molecule has 112 valence electrons. The smallest absolute Gasteiger partial charge is 0.367 e. The Hall–Kier alpha value is -0.780. The maximum absolute atomic E-state index is 13.0. The number of halogens is 4. The number of aromatic nitrogens is 1. The van der Waals surface area contributed by atoms with Gasteiger partial charge in [0.1, 0.15) is 5.82 Å². The van der Waals surface area contributed by atoms with Gasteiger partial charge in [-0.2, -0.15) is 13.2 Å². The molecule has 3 atom stereocenters. The van der Waals surface area contributed by atoms with Crippen LogP contribution in [0, 0.1) is 11.8 Å². The van der Waals surface area contributed by atoms with E-state index >= 15 is 0 Å². The van der Waals surface area contributed by atoms with Gasteiger partial charge >= 0.3 is 6.18 Å². The summed E-state index contributed by atoms with van der Waals surface area (Å²) in [4.78, 5) is 3.90. The highest BCUT2D eigenvalue weighted by molar-refractivity contribution is 9.10. The molecule has 3 unspecified atom stereocenters. The molecule has 20 heavy (non-hydrogen) atoms. The predicted molar refractivity (Wildman–Crippen MR) is 76.5 cm³/mol. The summed E-state index contributed by atoms with van der Waals surface area (Å²) < 4.78 is 39.4. The Morgan fingerprint density at radius 3 is 2.55 bits per heavy atom. The molecule has 0 spiro atoms. The highest BCUT2D eigenvalue weighted by Gasteiger charge is 2.35. The van der Waals surface area contributed by atoms with Crippen molar-refractivity contribution in [1.82, 2.24) is 4.98 Å². The van der Waals surface area contributed by atoms with Crippen molar-refractivity contribution in [3.8, 4) is 0 Å². The van der Waals surface area contributed by atoms with Crippen molar-refractivity contribution in [2.45, 2.75) is 45.3 Å². The number of rotatable bonds is 2. The summed E-state index contributed by atoms with van der Waals surface area (Å²) in [5.74, 6) is 1.09. The molecule has 1 aromatic heterocycles. The first-order valence-corrected chi connectivity index (χ1v) is 7.56. The van der Waals surface area contributed by atoms with Gasteiger partial charge in [-0.1, -0.05) is 13.8 Å². The fourth-order valence-electron chi connectivity index (χ4n) is 2.64. The maximum atomic E-state index is 13.0. The van der Waals surface area contributed by atoms with E-state index in [0.29, 0.717) is 16.3 Å². The van der Waals surface area contributed by atoms with Crippen LogP contribution >= 0.6 is 15.9 Å². The maximum Gasteiger partial charge on any atom is 0.419 e. The number of nitrogens with zero attached hydrogens (tertiary/aromatic N) is 1. The summed E-state index contributed by atoms with van der Waals surface area (Å²) in [7, 11) is 0. The van der Waals surface area contributed by atoms with E-state index < -0.39 is 11.7 Å². The molecule has 1 saturated carbocycles. The minimum absolute atomic E-state index is 0.0625. The molecule has 2 nitrogen and oxygen atoms in total. The first-order chi connectivity index (χ1) is 9.27. The van der Waals surface area contributed by atoms with Crippen LogP contribution in [-0.2, 0) is 6.18 Å². The zero-order chi connectivity index (χ0) is 14.9. The molecule has 0 radical (unpaired) electrons. The topological polar surface area (TPSA) is 24.9 Å². The molecule has 6 heteroatoms. The largest absolute Gasteiger partial charge is 0.419 e. The summed E-state index contributed by atoms with van der Waals surface area (Å²) in [5, 5.41) is 2.98. The predicted octanol–water partition coefficient (Wildman–Crippen LogP) is 5.10. The number of nitrogens with one attached hydrogen (secondary N) is 1. The quantitative estimate of drug-likeness (QED) is 0.802. The molecule has 1 aliphatic rings. The third-order valence-electron chi connectivity index (χ3n) is 4.10. The van der Waals surface area contributed by atoms with Crippen molar-refractivity contribution in [1.29, 1.82) is 0 Å². The summed E-state index contributed by atoms with van der Waals surface area (Å²) in [5.41, 5.74) is -0.710. The average molecular weight is 351 g/mol. The number of pyridine rings is 1. The van der Waals surface area contributed by atoms with Crippen LogP contribution in [0.25, 0.3) is 0 Å². The van der Waals surface area contributed by atoms with Gasteiger partial charge in [-0.05, 0) is 53.1 Å². The van der Waals surface area contributed by atoms with Gasteiger partial charge in [-0.3, -0.25) is 0 Å². The zero-order valence-electron chi connectivity index (χ0n) is 11.5. The summed E-state index contributed by atoms with van der Waals surface area (Å²) in [6.07, 6.45) is -0.188. The normalized spacial score (nSPS) is 27.4. The van der Waals surface area contributed by atoms with Gasteiger partial charge < -0.3 is 5.32 Å². The monoisotopic (exact) mass is 350 g/mol. The van der Waals surface area contributed by atoms with Gasteiger partial charge in [0, 0.05) is 16.7 Å². The molecular formula is C14H18BrF3N2. The summed E-state index contributed by atoms with van der Waals surface area (Å²) in [6, 6.07) is 1.14. The van der Waals surface area contributed by atoms with Gasteiger partial charge in [0.2, 0.25) is 0 Å². The van der Waals surface area contributed by atoms with E-state index in [4.69, 9.17) is 0 Å². The number of hydrogen-bond donors (Lipinski definition) is 1. The Labute approximate surface area is 125 Å². The molecule has 1 aromatic rings. The highest BCUT2D eigenvalue weighted by Crippen LogP contribution is 2.37. The lowest BCUT2D eigenvalue weighted by atomic mass is 9.79. The molecule has 1 aliphatic carbocycles. The Morgan fingerprint density at radius 1 is 1.25 bits per heavy atom. The molecule has 0 bridgehead atoms. The molecular weight excluding hydrogens is 333 g/mol. The van der Waals surface area contributed by atoms with Crippen molar-refractivity contribution in [3.63, 3.8) is 0 Å². The lowest BCUT2D eigenvalue weighted by Gasteiger charge is -2.33. The van der Waals surface area contributed by atoms with Crippen molar-refractivity contribution in [2.24, 2.45) is 11.8 Å². The molecule has 2 rings (SSSR count). The highest BCUT2D eigenvalue weighted by atomic mass is 79.9. The lowest BCUT2D eigenvalue weighted by molar-refractivity contribution is -0.137.